The molecule has 152 valence electrons. The number of ether oxygens (including phenoxy) is 1. The molecular weight excluding hydrogens is 414 g/mol. The lowest BCUT2D eigenvalue weighted by Gasteiger charge is -2.31. The molecule has 2 aliphatic rings. The predicted octanol–water partition coefficient (Wildman–Crippen LogP) is 2.64. The van der Waals surface area contributed by atoms with Gasteiger partial charge in [-0.3, -0.25) is 14.9 Å². The zero-order chi connectivity index (χ0) is 21.4. The van der Waals surface area contributed by atoms with Gasteiger partial charge in [-0.15, -0.1) is 0 Å². The standard InChI is InChI=1S/C20H14ClN3O6/c1-2-20(27)12-6-15-16-9(7-23(15)18(25)11(12)8-30-19(20)26)5-10-14(24(28)29)4-3-13(21)17(10)22-16/h3-6,27H,2,7-8H2,1H3/t20-/m0/s1. The Kier molecular flexibility index (Phi) is 3.80. The van der Waals surface area contributed by atoms with Crippen molar-refractivity contribution in [3.63, 3.8) is 0 Å². The maximum atomic E-state index is 13.1. The summed E-state index contributed by atoms with van der Waals surface area (Å²) >= 11 is 6.24. The van der Waals surface area contributed by atoms with Crippen molar-refractivity contribution < 1.29 is 19.6 Å². The number of aliphatic hydroxyl groups is 1. The number of esters is 1. The summed E-state index contributed by atoms with van der Waals surface area (Å²) in [5.41, 5.74) is -0.328. The van der Waals surface area contributed by atoms with Crippen LogP contribution in [0.1, 0.15) is 30.0 Å². The third kappa shape index (κ3) is 2.30. The number of aromatic nitrogens is 2. The molecular formula is C20H14ClN3O6. The number of rotatable bonds is 2. The molecule has 0 spiro atoms. The first kappa shape index (κ1) is 18.7. The van der Waals surface area contributed by atoms with Gasteiger partial charge in [0.25, 0.3) is 11.2 Å². The second kappa shape index (κ2) is 6.10. The summed E-state index contributed by atoms with van der Waals surface area (Å²) in [5.74, 6) is -0.801. The highest BCUT2D eigenvalue weighted by molar-refractivity contribution is 6.35. The van der Waals surface area contributed by atoms with Crippen molar-refractivity contribution in [3.8, 4) is 11.4 Å². The lowest BCUT2D eigenvalue weighted by Crippen LogP contribution is -2.44. The van der Waals surface area contributed by atoms with Crippen LogP contribution in [-0.4, -0.2) is 25.6 Å². The zero-order valence-corrected chi connectivity index (χ0v) is 16.4. The minimum atomic E-state index is -1.92. The van der Waals surface area contributed by atoms with E-state index in [0.717, 1.165) is 0 Å². The number of carbonyl (C=O) groups excluding carboxylic acids is 1. The molecule has 0 unspecified atom stereocenters. The maximum Gasteiger partial charge on any atom is 0.343 e. The van der Waals surface area contributed by atoms with Crippen molar-refractivity contribution in [2.75, 3.05) is 0 Å². The Labute approximate surface area is 173 Å². The Morgan fingerprint density at radius 3 is 2.83 bits per heavy atom. The SMILES string of the molecule is CC[C@@]1(O)C(=O)OCc2c1cc1n(c2=O)Cc2cc3c([N+](=O)[O-])ccc(Cl)c3nc2-1. The van der Waals surface area contributed by atoms with Crippen molar-refractivity contribution in [2.45, 2.75) is 32.1 Å². The minimum Gasteiger partial charge on any atom is -0.458 e. The van der Waals surface area contributed by atoms with Crippen LogP contribution in [0.15, 0.2) is 29.1 Å². The number of benzene rings is 1. The minimum absolute atomic E-state index is 0.0394. The molecule has 0 amide bonds. The molecule has 30 heavy (non-hydrogen) atoms. The fourth-order valence-electron chi connectivity index (χ4n) is 4.18. The molecule has 4 heterocycles. The molecule has 2 aromatic heterocycles. The molecule has 0 saturated carbocycles. The summed E-state index contributed by atoms with van der Waals surface area (Å²) in [4.78, 5) is 40.8. The predicted molar refractivity (Wildman–Crippen MR) is 106 cm³/mol. The second-order valence-electron chi connectivity index (χ2n) is 7.32. The zero-order valence-electron chi connectivity index (χ0n) is 15.6. The van der Waals surface area contributed by atoms with Gasteiger partial charge < -0.3 is 14.4 Å². The van der Waals surface area contributed by atoms with E-state index in [1.165, 1.54) is 16.7 Å². The van der Waals surface area contributed by atoms with Crippen LogP contribution < -0.4 is 5.56 Å². The fraction of sp³-hybridized carbons (Fsp3) is 0.250. The van der Waals surface area contributed by atoms with Gasteiger partial charge in [0.05, 0.1) is 44.3 Å². The number of halogens is 1. The monoisotopic (exact) mass is 427 g/mol. The molecule has 2 aliphatic heterocycles. The number of nitro benzene ring substituents is 1. The molecule has 5 rings (SSSR count). The molecule has 0 bridgehead atoms. The smallest absolute Gasteiger partial charge is 0.343 e. The Hall–Kier alpha value is -3.30. The Balaban J connectivity index is 1.82. The van der Waals surface area contributed by atoms with Gasteiger partial charge in [0.1, 0.15) is 6.61 Å². The van der Waals surface area contributed by atoms with Gasteiger partial charge in [-0.05, 0) is 24.6 Å². The first-order chi connectivity index (χ1) is 14.3. The number of non-ortho nitro benzene ring substituents is 1. The molecule has 1 atom stereocenters. The summed E-state index contributed by atoms with van der Waals surface area (Å²) in [6.07, 6.45) is 0.0394. The molecule has 0 saturated heterocycles. The van der Waals surface area contributed by atoms with Crippen molar-refractivity contribution >= 4 is 34.2 Å². The van der Waals surface area contributed by atoms with Gasteiger partial charge in [-0.1, -0.05) is 18.5 Å². The number of hydrogen-bond acceptors (Lipinski definition) is 7. The van der Waals surface area contributed by atoms with Gasteiger partial charge >= 0.3 is 5.97 Å². The van der Waals surface area contributed by atoms with Crippen LogP contribution in [0.25, 0.3) is 22.3 Å². The van der Waals surface area contributed by atoms with Crippen LogP contribution in [0.2, 0.25) is 5.02 Å². The van der Waals surface area contributed by atoms with E-state index in [1.807, 2.05) is 0 Å². The quantitative estimate of drug-likeness (QED) is 0.296. The summed E-state index contributed by atoms with van der Waals surface area (Å²) in [5, 5.41) is 22.8. The molecule has 9 nitrogen and oxygen atoms in total. The van der Waals surface area contributed by atoms with E-state index in [-0.39, 0.29) is 52.3 Å². The van der Waals surface area contributed by atoms with Gasteiger partial charge in [0.2, 0.25) is 0 Å². The number of nitro groups is 1. The Morgan fingerprint density at radius 1 is 1.37 bits per heavy atom. The summed E-state index contributed by atoms with van der Waals surface area (Å²) < 4.78 is 6.50. The van der Waals surface area contributed by atoms with Crippen LogP contribution in [0.4, 0.5) is 5.69 Å². The van der Waals surface area contributed by atoms with Gasteiger partial charge in [0, 0.05) is 17.2 Å². The number of cyclic esters (lactones) is 1. The summed E-state index contributed by atoms with van der Waals surface area (Å²) in [6, 6.07) is 5.91. The van der Waals surface area contributed by atoms with E-state index in [0.29, 0.717) is 17.0 Å². The van der Waals surface area contributed by atoms with Crippen LogP contribution in [0, 0.1) is 10.1 Å². The number of nitrogens with zero attached hydrogens (tertiary/aromatic N) is 3. The van der Waals surface area contributed by atoms with Gasteiger partial charge in [-0.2, -0.15) is 0 Å². The van der Waals surface area contributed by atoms with Crippen molar-refractivity contribution in [2.24, 2.45) is 0 Å². The summed E-state index contributed by atoms with van der Waals surface area (Å²) in [7, 11) is 0. The van der Waals surface area contributed by atoms with E-state index in [2.05, 4.69) is 4.98 Å². The average molecular weight is 428 g/mol. The average Bonchev–Trinajstić information content (AvgIpc) is 3.08. The molecule has 0 fully saturated rings. The third-order valence-electron chi connectivity index (χ3n) is 5.80. The van der Waals surface area contributed by atoms with Gasteiger partial charge in [-0.25, -0.2) is 9.78 Å². The van der Waals surface area contributed by atoms with Crippen LogP contribution in [0.3, 0.4) is 0 Å². The molecule has 0 radical (unpaired) electrons. The number of pyridine rings is 2. The first-order valence-electron chi connectivity index (χ1n) is 9.20. The normalized spacial score (nSPS) is 19.2. The molecule has 0 aliphatic carbocycles. The van der Waals surface area contributed by atoms with E-state index in [4.69, 9.17) is 16.3 Å². The van der Waals surface area contributed by atoms with E-state index in [1.54, 1.807) is 19.1 Å². The van der Waals surface area contributed by atoms with Crippen LogP contribution in [0.5, 0.6) is 0 Å². The largest absolute Gasteiger partial charge is 0.458 e. The van der Waals surface area contributed by atoms with Crippen LogP contribution in [-0.2, 0) is 28.3 Å². The van der Waals surface area contributed by atoms with Crippen molar-refractivity contribution in [1.29, 1.82) is 0 Å². The lowest BCUT2D eigenvalue weighted by atomic mass is 9.86. The fourth-order valence-corrected chi connectivity index (χ4v) is 4.38. The van der Waals surface area contributed by atoms with Crippen molar-refractivity contribution in [1.82, 2.24) is 9.55 Å². The maximum absolute atomic E-state index is 13.1. The third-order valence-corrected chi connectivity index (χ3v) is 6.11. The molecule has 1 aromatic carbocycles. The van der Waals surface area contributed by atoms with Gasteiger partial charge in [0.15, 0.2) is 5.60 Å². The molecule has 10 heteroatoms. The summed E-state index contributed by atoms with van der Waals surface area (Å²) in [6.45, 7) is 1.56. The molecule has 3 aromatic rings. The first-order valence-corrected chi connectivity index (χ1v) is 9.57. The highest BCUT2D eigenvalue weighted by atomic mass is 35.5. The van der Waals surface area contributed by atoms with E-state index < -0.39 is 22.1 Å². The number of hydrogen-bond donors (Lipinski definition) is 1. The van der Waals surface area contributed by atoms with E-state index >= 15 is 0 Å². The lowest BCUT2D eigenvalue weighted by molar-refractivity contribution is -0.383. The number of carbonyl (C=O) groups is 1. The highest BCUT2D eigenvalue weighted by Crippen LogP contribution is 2.40. The highest BCUT2D eigenvalue weighted by Gasteiger charge is 2.45. The Morgan fingerprint density at radius 2 is 2.13 bits per heavy atom. The van der Waals surface area contributed by atoms with E-state index in [9.17, 15) is 24.8 Å². The van der Waals surface area contributed by atoms with Crippen molar-refractivity contribution in [3.05, 3.63) is 66.4 Å². The van der Waals surface area contributed by atoms with Crippen LogP contribution >= 0.6 is 11.6 Å². The molecule has 1 N–H and O–H groups in total. The topological polar surface area (TPSA) is 125 Å². The second-order valence-corrected chi connectivity index (χ2v) is 7.73. The number of fused-ring (bicyclic) bond motifs is 5. The Bertz CT molecular complexity index is 1370.